The van der Waals surface area contributed by atoms with Gasteiger partial charge in [0.25, 0.3) is 0 Å². The van der Waals surface area contributed by atoms with Crippen molar-refractivity contribution in [3.8, 4) is 0 Å². The van der Waals surface area contributed by atoms with Crippen molar-refractivity contribution in [2.24, 2.45) is 5.92 Å². The Hall–Kier alpha value is -1.21. The van der Waals surface area contributed by atoms with Crippen LogP contribution in [0.1, 0.15) is 44.5 Å². The van der Waals surface area contributed by atoms with Crippen molar-refractivity contribution < 1.29 is 4.79 Å². The van der Waals surface area contributed by atoms with Gasteiger partial charge in [0, 0.05) is 19.0 Å². The summed E-state index contributed by atoms with van der Waals surface area (Å²) < 4.78 is 0. The second-order valence-electron chi connectivity index (χ2n) is 6.05. The SMILES string of the molecule is CC(C)c1nnc(NC(=O)NC[C@@H](C)CN2CCCC2)s1. The number of hydrogen-bond acceptors (Lipinski definition) is 5. The summed E-state index contributed by atoms with van der Waals surface area (Å²) >= 11 is 1.43. The highest BCUT2D eigenvalue weighted by molar-refractivity contribution is 7.15. The maximum Gasteiger partial charge on any atom is 0.321 e. The molecule has 1 fully saturated rings. The Kier molecular flexibility index (Phi) is 5.93. The summed E-state index contributed by atoms with van der Waals surface area (Å²) in [5.74, 6) is 0.788. The monoisotopic (exact) mass is 311 g/mol. The molecule has 0 saturated carbocycles. The minimum absolute atomic E-state index is 0.199. The minimum Gasteiger partial charge on any atom is -0.337 e. The molecule has 2 rings (SSSR count). The minimum atomic E-state index is -0.199. The van der Waals surface area contributed by atoms with E-state index in [0.29, 0.717) is 23.5 Å². The molecule has 0 aromatic carbocycles. The molecule has 2 heterocycles. The topological polar surface area (TPSA) is 70.1 Å². The van der Waals surface area contributed by atoms with Gasteiger partial charge in [-0.25, -0.2) is 4.79 Å². The van der Waals surface area contributed by atoms with Gasteiger partial charge in [0.1, 0.15) is 5.01 Å². The highest BCUT2D eigenvalue weighted by Gasteiger charge is 2.15. The molecular weight excluding hydrogens is 286 g/mol. The third-order valence-electron chi connectivity index (χ3n) is 3.53. The molecule has 2 N–H and O–H groups in total. The van der Waals surface area contributed by atoms with E-state index < -0.39 is 0 Å². The van der Waals surface area contributed by atoms with Crippen molar-refractivity contribution in [2.75, 3.05) is 31.5 Å². The molecule has 21 heavy (non-hydrogen) atoms. The van der Waals surface area contributed by atoms with Crippen molar-refractivity contribution in [3.63, 3.8) is 0 Å². The average molecular weight is 311 g/mol. The normalized spacial score (nSPS) is 17.1. The molecule has 0 radical (unpaired) electrons. The van der Waals surface area contributed by atoms with E-state index in [0.717, 1.165) is 11.6 Å². The van der Waals surface area contributed by atoms with E-state index in [1.54, 1.807) is 0 Å². The van der Waals surface area contributed by atoms with Gasteiger partial charge in [0.05, 0.1) is 0 Å². The lowest BCUT2D eigenvalue weighted by Gasteiger charge is -2.20. The molecule has 118 valence electrons. The first kappa shape index (κ1) is 16.2. The van der Waals surface area contributed by atoms with Crippen LogP contribution in [0.4, 0.5) is 9.93 Å². The van der Waals surface area contributed by atoms with Gasteiger partial charge in [0.15, 0.2) is 0 Å². The third kappa shape index (κ3) is 5.24. The van der Waals surface area contributed by atoms with Crippen LogP contribution < -0.4 is 10.6 Å². The van der Waals surface area contributed by atoms with Crippen molar-refractivity contribution in [1.29, 1.82) is 0 Å². The molecule has 1 saturated heterocycles. The largest absolute Gasteiger partial charge is 0.337 e. The van der Waals surface area contributed by atoms with Gasteiger partial charge >= 0.3 is 6.03 Å². The number of urea groups is 1. The molecule has 0 bridgehead atoms. The van der Waals surface area contributed by atoms with Crippen molar-refractivity contribution in [1.82, 2.24) is 20.4 Å². The molecule has 0 unspecified atom stereocenters. The van der Waals surface area contributed by atoms with Gasteiger partial charge in [-0.2, -0.15) is 0 Å². The van der Waals surface area contributed by atoms with Gasteiger partial charge in [-0.05, 0) is 31.8 Å². The summed E-state index contributed by atoms with van der Waals surface area (Å²) in [6.07, 6.45) is 2.60. The Bertz CT molecular complexity index is 456. The number of nitrogens with one attached hydrogen (secondary N) is 2. The number of carbonyl (C=O) groups excluding carboxylic acids is 1. The van der Waals surface area contributed by atoms with E-state index in [-0.39, 0.29) is 6.03 Å². The lowest BCUT2D eigenvalue weighted by Crippen LogP contribution is -2.36. The fourth-order valence-electron chi connectivity index (χ4n) is 2.40. The Balaban J connectivity index is 1.68. The maximum absolute atomic E-state index is 11.8. The number of aromatic nitrogens is 2. The van der Waals surface area contributed by atoms with Gasteiger partial charge in [-0.3, -0.25) is 5.32 Å². The third-order valence-corrected chi connectivity index (χ3v) is 4.67. The lowest BCUT2D eigenvalue weighted by atomic mass is 10.1. The van der Waals surface area contributed by atoms with Crippen LogP contribution >= 0.6 is 11.3 Å². The molecule has 7 heteroatoms. The fraction of sp³-hybridized carbons (Fsp3) is 0.786. The smallest absolute Gasteiger partial charge is 0.321 e. The second-order valence-corrected chi connectivity index (χ2v) is 7.06. The van der Waals surface area contributed by atoms with E-state index >= 15 is 0 Å². The van der Waals surface area contributed by atoms with E-state index in [1.165, 1.54) is 37.3 Å². The molecule has 2 amide bonds. The summed E-state index contributed by atoms with van der Waals surface area (Å²) in [6, 6.07) is -0.199. The number of carbonyl (C=O) groups is 1. The molecule has 1 atom stereocenters. The second kappa shape index (κ2) is 7.70. The predicted molar refractivity (Wildman–Crippen MR) is 85.9 cm³/mol. The predicted octanol–water partition coefficient (Wildman–Crippen LogP) is 2.51. The zero-order valence-corrected chi connectivity index (χ0v) is 13.9. The molecule has 1 aromatic heterocycles. The van der Waals surface area contributed by atoms with Crippen LogP contribution in [0.15, 0.2) is 0 Å². The number of rotatable bonds is 6. The number of hydrogen-bond donors (Lipinski definition) is 2. The van der Waals surface area contributed by atoms with Crippen LogP contribution in [0.3, 0.4) is 0 Å². The van der Waals surface area contributed by atoms with Crippen LogP contribution in [-0.2, 0) is 0 Å². The van der Waals surface area contributed by atoms with Crippen LogP contribution in [0.5, 0.6) is 0 Å². The summed E-state index contributed by atoms with van der Waals surface area (Å²) in [6.45, 7) is 10.4. The standard InChI is InChI=1S/C14H25N5OS/c1-10(2)12-17-18-14(21-12)16-13(20)15-8-11(3)9-19-6-4-5-7-19/h10-11H,4-9H2,1-3H3,(H2,15,16,18,20)/t11-/m1/s1. The van der Waals surface area contributed by atoms with E-state index in [2.05, 4.69) is 46.5 Å². The molecule has 0 spiro atoms. The van der Waals surface area contributed by atoms with Crippen LogP contribution in [-0.4, -0.2) is 47.3 Å². The van der Waals surface area contributed by atoms with Crippen LogP contribution in [0, 0.1) is 5.92 Å². The van der Waals surface area contributed by atoms with E-state index in [1.807, 2.05) is 0 Å². The highest BCUT2D eigenvalue weighted by Crippen LogP contribution is 2.22. The first-order valence-electron chi connectivity index (χ1n) is 7.65. The van der Waals surface area contributed by atoms with Gasteiger partial charge in [-0.1, -0.05) is 32.1 Å². The van der Waals surface area contributed by atoms with E-state index in [9.17, 15) is 4.79 Å². The summed E-state index contributed by atoms with van der Waals surface area (Å²) in [7, 11) is 0. The Labute approximate surface area is 130 Å². The van der Waals surface area contributed by atoms with Crippen LogP contribution in [0.2, 0.25) is 0 Å². The van der Waals surface area contributed by atoms with E-state index in [4.69, 9.17) is 0 Å². The van der Waals surface area contributed by atoms with Crippen molar-refractivity contribution in [3.05, 3.63) is 5.01 Å². The highest BCUT2D eigenvalue weighted by atomic mass is 32.1. The first-order valence-corrected chi connectivity index (χ1v) is 8.47. The Morgan fingerprint density at radius 1 is 1.29 bits per heavy atom. The summed E-state index contributed by atoms with van der Waals surface area (Å²) in [5.41, 5.74) is 0. The first-order chi connectivity index (χ1) is 10.0. The van der Waals surface area contributed by atoms with Gasteiger partial charge in [-0.15, -0.1) is 10.2 Å². The summed E-state index contributed by atoms with van der Waals surface area (Å²) in [4.78, 5) is 14.3. The molecule has 1 aromatic rings. The molecule has 0 aliphatic carbocycles. The number of amides is 2. The number of anilines is 1. The zero-order valence-electron chi connectivity index (χ0n) is 13.1. The van der Waals surface area contributed by atoms with Crippen LogP contribution in [0.25, 0.3) is 0 Å². The fourth-order valence-corrected chi connectivity index (χ4v) is 3.14. The quantitative estimate of drug-likeness (QED) is 0.847. The number of likely N-dealkylation sites (tertiary alicyclic amines) is 1. The van der Waals surface area contributed by atoms with Gasteiger partial charge in [0.2, 0.25) is 5.13 Å². The van der Waals surface area contributed by atoms with Crippen molar-refractivity contribution in [2.45, 2.75) is 39.5 Å². The number of nitrogens with zero attached hydrogens (tertiary/aromatic N) is 3. The molecule has 6 nitrogen and oxygen atoms in total. The Morgan fingerprint density at radius 2 is 2.00 bits per heavy atom. The lowest BCUT2D eigenvalue weighted by molar-refractivity contribution is 0.245. The Morgan fingerprint density at radius 3 is 2.62 bits per heavy atom. The molecular formula is C14H25N5OS. The summed E-state index contributed by atoms with van der Waals surface area (Å²) in [5, 5.41) is 15.2. The maximum atomic E-state index is 11.8. The average Bonchev–Trinajstić information content (AvgIpc) is 3.08. The molecule has 1 aliphatic heterocycles. The van der Waals surface area contributed by atoms with Gasteiger partial charge < -0.3 is 10.2 Å². The zero-order chi connectivity index (χ0) is 15.2. The van der Waals surface area contributed by atoms with Crippen molar-refractivity contribution >= 4 is 22.5 Å². The molecule has 1 aliphatic rings.